The number of carbonyl (C=O) groups is 1. The quantitative estimate of drug-likeness (QED) is 0.275. The van der Waals surface area contributed by atoms with Crippen molar-refractivity contribution in [2.45, 2.75) is 84.7 Å². The highest BCUT2D eigenvalue weighted by molar-refractivity contribution is 5.75. The van der Waals surface area contributed by atoms with Crippen LogP contribution in [0.15, 0.2) is 54.6 Å². The van der Waals surface area contributed by atoms with Crippen molar-refractivity contribution >= 4 is 5.91 Å². The highest BCUT2D eigenvalue weighted by Crippen LogP contribution is 2.37. The minimum absolute atomic E-state index is 0.161. The largest absolute Gasteiger partial charge is 0.381 e. The highest BCUT2D eigenvalue weighted by Gasteiger charge is 2.33. The molecule has 0 aliphatic heterocycles. The van der Waals surface area contributed by atoms with Crippen LogP contribution in [0.5, 0.6) is 0 Å². The van der Waals surface area contributed by atoms with Gasteiger partial charge in [0, 0.05) is 20.1 Å². The molecule has 0 bridgehead atoms. The lowest BCUT2D eigenvalue weighted by Gasteiger charge is -2.20. The van der Waals surface area contributed by atoms with E-state index in [0.29, 0.717) is 24.4 Å². The number of allylic oxidation sites excluding steroid dienone is 4. The zero-order valence-electron chi connectivity index (χ0n) is 20.3. The molecule has 0 spiro atoms. The second kappa shape index (κ2) is 17.8. The van der Waals surface area contributed by atoms with Gasteiger partial charge in [0.1, 0.15) is 0 Å². The number of benzene rings is 1. The molecule has 3 heteroatoms. The van der Waals surface area contributed by atoms with Gasteiger partial charge in [0.05, 0.1) is 6.10 Å². The first-order valence-corrected chi connectivity index (χ1v) is 12.4. The fourth-order valence-corrected chi connectivity index (χ4v) is 4.30. The lowest BCUT2D eigenvalue weighted by molar-refractivity contribution is -0.121. The fourth-order valence-electron chi connectivity index (χ4n) is 4.30. The van der Waals surface area contributed by atoms with Gasteiger partial charge in [-0.25, -0.2) is 0 Å². The van der Waals surface area contributed by atoms with E-state index in [1.54, 1.807) is 0 Å². The molecule has 0 radical (unpaired) electrons. The number of carbonyl (C=O) groups excluding carboxylic acids is 1. The molecular weight excluding hydrogens is 382 g/mol. The molecule has 1 aromatic carbocycles. The molecule has 1 aromatic rings. The Morgan fingerprint density at radius 3 is 2.52 bits per heavy atom. The van der Waals surface area contributed by atoms with Gasteiger partial charge in [0.2, 0.25) is 5.91 Å². The van der Waals surface area contributed by atoms with Gasteiger partial charge in [0.15, 0.2) is 0 Å². The second-order valence-electron chi connectivity index (χ2n) is 8.04. The standard InChI is InChI=1S/C26H39NO2.C2H6/c1-3-27-26(28)19-13-5-4-12-18-24-23(20-21-25(24)29-2)17-11-7-10-16-22-14-8-6-9-15-22;1-2/h4,6,8-9,11-12,14-15,17,23-25H,3,5,7,10,13,16,18-21H2,1-2H3,(H,27,28);1-2H3/b12-4-,17-11+;/t23?,24-,25+;/m1./s1. The summed E-state index contributed by atoms with van der Waals surface area (Å²) in [4.78, 5) is 11.5. The summed E-state index contributed by atoms with van der Waals surface area (Å²) in [5.41, 5.74) is 1.43. The number of hydrogen-bond acceptors (Lipinski definition) is 2. The molecule has 0 saturated heterocycles. The van der Waals surface area contributed by atoms with Gasteiger partial charge < -0.3 is 10.1 Å². The number of methoxy groups -OCH3 is 1. The molecule has 1 saturated carbocycles. The van der Waals surface area contributed by atoms with E-state index in [1.807, 2.05) is 27.9 Å². The minimum Gasteiger partial charge on any atom is -0.381 e. The third kappa shape index (κ3) is 11.4. The van der Waals surface area contributed by atoms with Crippen LogP contribution < -0.4 is 5.32 Å². The van der Waals surface area contributed by atoms with Gasteiger partial charge in [-0.05, 0) is 75.7 Å². The Morgan fingerprint density at radius 2 is 1.81 bits per heavy atom. The van der Waals surface area contributed by atoms with Crippen molar-refractivity contribution in [3.63, 3.8) is 0 Å². The van der Waals surface area contributed by atoms with Crippen molar-refractivity contribution in [2.75, 3.05) is 13.7 Å². The van der Waals surface area contributed by atoms with Gasteiger partial charge in [-0.2, -0.15) is 0 Å². The van der Waals surface area contributed by atoms with Crippen LogP contribution in [0.25, 0.3) is 0 Å². The zero-order valence-corrected chi connectivity index (χ0v) is 20.3. The first-order chi connectivity index (χ1) is 15.2. The zero-order chi connectivity index (χ0) is 22.7. The maximum Gasteiger partial charge on any atom is 0.219 e. The number of ether oxygens (including phenoxy) is 1. The smallest absolute Gasteiger partial charge is 0.219 e. The first kappa shape index (κ1) is 27.2. The molecule has 31 heavy (non-hydrogen) atoms. The van der Waals surface area contributed by atoms with E-state index in [9.17, 15) is 4.79 Å². The Labute approximate surface area is 191 Å². The number of nitrogens with one attached hydrogen (secondary N) is 1. The summed E-state index contributed by atoms with van der Waals surface area (Å²) in [6, 6.07) is 10.7. The van der Waals surface area contributed by atoms with E-state index < -0.39 is 0 Å². The maximum atomic E-state index is 11.5. The Kier molecular flexibility index (Phi) is 15.6. The number of rotatable bonds is 13. The van der Waals surface area contributed by atoms with E-state index in [1.165, 1.54) is 18.4 Å². The number of unbranched alkanes of at least 4 members (excludes halogenated alkanes) is 2. The topological polar surface area (TPSA) is 38.3 Å². The van der Waals surface area contributed by atoms with Gasteiger partial charge >= 0.3 is 0 Å². The SMILES string of the molecule is CC.CCNC(=O)CCC/C=C\C[C@@H]1C(/C=C/CCCc2ccccc2)CC[C@@H]1OC. The van der Waals surface area contributed by atoms with Gasteiger partial charge in [-0.3, -0.25) is 4.79 Å². The Morgan fingerprint density at radius 1 is 1.06 bits per heavy atom. The average molecular weight is 428 g/mol. The van der Waals surface area contributed by atoms with Crippen LogP contribution in [0.1, 0.15) is 77.7 Å². The first-order valence-electron chi connectivity index (χ1n) is 12.4. The summed E-state index contributed by atoms with van der Waals surface area (Å²) >= 11 is 0. The number of amides is 1. The van der Waals surface area contributed by atoms with Crippen molar-refractivity contribution in [1.82, 2.24) is 5.32 Å². The minimum atomic E-state index is 0.161. The van der Waals surface area contributed by atoms with Crippen molar-refractivity contribution in [3.8, 4) is 0 Å². The van der Waals surface area contributed by atoms with E-state index >= 15 is 0 Å². The molecule has 1 aliphatic rings. The van der Waals surface area contributed by atoms with Crippen molar-refractivity contribution < 1.29 is 9.53 Å². The van der Waals surface area contributed by atoms with Crippen LogP contribution >= 0.6 is 0 Å². The molecule has 2 rings (SSSR count). The predicted molar refractivity (Wildman–Crippen MR) is 133 cm³/mol. The van der Waals surface area contributed by atoms with E-state index in [2.05, 4.69) is 60.0 Å². The molecule has 0 aromatic heterocycles. The average Bonchev–Trinajstić information content (AvgIpc) is 3.20. The molecule has 1 N–H and O–H groups in total. The van der Waals surface area contributed by atoms with Gasteiger partial charge in [0.25, 0.3) is 0 Å². The molecule has 3 nitrogen and oxygen atoms in total. The van der Waals surface area contributed by atoms with Crippen LogP contribution in [0.4, 0.5) is 0 Å². The highest BCUT2D eigenvalue weighted by atomic mass is 16.5. The summed E-state index contributed by atoms with van der Waals surface area (Å²) in [5.74, 6) is 1.36. The van der Waals surface area contributed by atoms with Crippen molar-refractivity contribution in [1.29, 1.82) is 0 Å². The second-order valence-corrected chi connectivity index (χ2v) is 8.04. The summed E-state index contributed by atoms with van der Waals surface area (Å²) in [7, 11) is 1.85. The molecule has 0 heterocycles. The van der Waals surface area contributed by atoms with Crippen LogP contribution in [-0.4, -0.2) is 25.7 Å². The fraction of sp³-hybridized carbons (Fsp3) is 0.607. The lowest BCUT2D eigenvalue weighted by atomic mass is 9.90. The molecule has 1 aliphatic carbocycles. The lowest BCUT2D eigenvalue weighted by Crippen LogP contribution is -2.21. The van der Waals surface area contributed by atoms with Crippen molar-refractivity contribution in [2.24, 2.45) is 11.8 Å². The Balaban J connectivity index is 0.00000233. The molecule has 1 amide bonds. The van der Waals surface area contributed by atoms with E-state index in [4.69, 9.17) is 4.74 Å². The Hall–Kier alpha value is -1.87. The van der Waals surface area contributed by atoms with Crippen LogP contribution in [0, 0.1) is 11.8 Å². The van der Waals surface area contributed by atoms with Crippen LogP contribution in [0.2, 0.25) is 0 Å². The van der Waals surface area contributed by atoms with Gasteiger partial charge in [-0.15, -0.1) is 0 Å². The monoisotopic (exact) mass is 427 g/mol. The number of hydrogen-bond donors (Lipinski definition) is 1. The third-order valence-electron chi connectivity index (χ3n) is 5.90. The molecule has 1 fully saturated rings. The third-order valence-corrected chi connectivity index (χ3v) is 5.90. The summed E-state index contributed by atoms with van der Waals surface area (Å²) in [6.07, 6.45) is 19.2. The van der Waals surface area contributed by atoms with Gasteiger partial charge in [-0.1, -0.05) is 68.5 Å². The van der Waals surface area contributed by atoms with E-state index in [-0.39, 0.29) is 5.91 Å². The van der Waals surface area contributed by atoms with Crippen LogP contribution in [0.3, 0.4) is 0 Å². The number of aryl methyl sites for hydroxylation is 1. The van der Waals surface area contributed by atoms with Crippen molar-refractivity contribution in [3.05, 3.63) is 60.2 Å². The molecule has 174 valence electrons. The predicted octanol–water partition coefficient (Wildman–Crippen LogP) is 6.89. The molecular formula is C28H45NO2. The summed E-state index contributed by atoms with van der Waals surface area (Å²) < 4.78 is 5.76. The summed E-state index contributed by atoms with van der Waals surface area (Å²) in [6.45, 7) is 6.68. The van der Waals surface area contributed by atoms with E-state index in [0.717, 1.165) is 45.1 Å². The molecule has 1 unspecified atom stereocenters. The maximum absolute atomic E-state index is 11.5. The van der Waals surface area contributed by atoms with Crippen LogP contribution in [-0.2, 0) is 16.0 Å². The summed E-state index contributed by atoms with van der Waals surface area (Å²) in [5, 5.41) is 2.85. The Bertz CT molecular complexity index is 623. The normalized spacial score (nSPS) is 20.7. The molecule has 3 atom stereocenters.